The molecule has 4 rings (SSSR count). The van der Waals surface area contributed by atoms with Crippen LogP contribution in [0, 0.1) is 45.3 Å². The summed E-state index contributed by atoms with van der Waals surface area (Å²) in [4.78, 5) is 11.6. The Morgan fingerprint density at radius 1 is 1.18 bits per heavy atom. The summed E-state index contributed by atoms with van der Waals surface area (Å²) in [5.41, 5.74) is 2.85. The second-order valence-electron chi connectivity index (χ2n) is 13.3. The van der Waals surface area contributed by atoms with Crippen molar-refractivity contribution in [2.45, 2.75) is 112 Å². The highest BCUT2D eigenvalue weighted by atomic mass is 16.4. The third kappa shape index (κ3) is 3.42. The Balaban J connectivity index is 1.65. The molecule has 186 valence electrons. The molecule has 0 bridgehead atoms. The van der Waals surface area contributed by atoms with E-state index in [0.29, 0.717) is 23.7 Å². The lowest BCUT2D eigenvalue weighted by Gasteiger charge is -2.63. The zero-order chi connectivity index (χ0) is 24.4. The summed E-state index contributed by atoms with van der Waals surface area (Å²) in [7, 11) is 0. The molecule has 33 heavy (non-hydrogen) atoms. The van der Waals surface area contributed by atoms with Crippen molar-refractivity contribution >= 4 is 5.97 Å². The first kappa shape index (κ1) is 25.0. The lowest BCUT2D eigenvalue weighted by molar-refractivity contribution is -0.187. The summed E-state index contributed by atoms with van der Waals surface area (Å²) in [6.07, 6.45) is 12.1. The molecule has 0 amide bonds. The topological polar surface area (TPSA) is 57.5 Å². The van der Waals surface area contributed by atoms with Crippen LogP contribution >= 0.6 is 0 Å². The molecule has 4 saturated carbocycles. The van der Waals surface area contributed by atoms with Gasteiger partial charge in [0.05, 0.1) is 6.10 Å². The maximum absolute atomic E-state index is 11.9. The minimum atomic E-state index is -0.687. The van der Waals surface area contributed by atoms with Crippen molar-refractivity contribution < 1.29 is 15.0 Å². The Morgan fingerprint density at radius 3 is 2.48 bits per heavy atom. The minimum Gasteiger partial charge on any atom is -0.481 e. The average Bonchev–Trinajstić information content (AvgIpc) is 3.29. The Hall–Kier alpha value is -1.09. The number of aliphatic carboxylic acids is 1. The van der Waals surface area contributed by atoms with Crippen LogP contribution < -0.4 is 0 Å². The van der Waals surface area contributed by atoms with Crippen LogP contribution in [0.2, 0.25) is 0 Å². The number of hydrogen-bond acceptors (Lipinski definition) is 2. The van der Waals surface area contributed by atoms with Gasteiger partial charge in [0.15, 0.2) is 0 Å². The van der Waals surface area contributed by atoms with E-state index in [2.05, 4.69) is 54.2 Å². The molecule has 9 atom stereocenters. The molecular weight excluding hydrogens is 408 g/mol. The molecule has 0 aromatic rings. The number of aliphatic hydroxyl groups is 1. The zero-order valence-corrected chi connectivity index (χ0v) is 22.0. The smallest absolute Gasteiger partial charge is 0.303 e. The lowest BCUT2D eigenvalue weighted by atomic mass is 9.42. The van der Waals surface area contributed by atoms with E-state index in [1.165, 1.54) is 36.8 Å². The molecule has 3 nitrogen and oxygen atoms in total. The molecule has 4 aliphatic carbocycles. The molecule has 0 radical (unpaired) electrons. The van der Waals surface area contributed by atoms with Gasteiger partial charge in [0.25, 0.3) is 0 Å². The van der Waals surface area contributed by atoms with Gasteiger partial charge in [-0.05, 0) is 118 Å². The molecule has 2 N–H and O–H groups in total. The van der Waals surface area contributed by atoms with E-state index < -0.39 is 5.97 Å². The van der Waals surface area contributed by atoms with Gasteiger partial charge in [-0.2, -0.15) is 0 Å². The Labute approximate surface area is 202 Å². The van der Waals surface area contributed by atoms with E-state index in [1.807, 2.05) is 0 Å². The van der Waals surface area contributed by atoms with Gasteiger partial charge in [0.1, 0.15) is 0 Å². The summed E-state index contributed by atoms with van der Waals surface area (Å²) in [5, 5.41) is 21.4. The van der Waals surface area contributed by atoms with Crippen molar-refractivity contribution in [2.75, 3.05) is 0 Å². The largest absolute Gasteiger partial charge is 0.481 e. The normalized spacial score (nSPS) is 46.5. The van der Waals surface area contributed by atoms with Crippen LogP contribution in [0.1, 0.15) is 106 Å². The summed E-state index contributed by atoms with van der Waals surface area (Å²) < 4.78 is 0. The maximum Gasteiger partial charge on any atom is 0.303 e. The summed E-state index contributed by atoms with van der Waals surface area (Å²) in [6, 6.07) is 0. The number of aliphatic hydroxyl groups excluding tert-OH is 1. The van der Waals surface area contributed by atoms with Gasteiger partial charge in [-0.1, -0.05) is 44.6 Å². The van der Waals surface area contributed by atoms with E-state index >= 15 is 0 Å². The Kier molecular flexibility index (Phi) is 6.25. The molecule has 0 aromatic heterocycles. The average molecular weight is 457 g/mol. The van der Waals surface area contributed by atoms with Crippen molar-refractivity contribution in [1.29, 1.82) is 0 Å². The highest BCUT2D eigenvalue weighted by Crippen LogP contribution is 2.87. The number of rotatable bonds is 8. The van der Waals surface area contributed by atoms with Gasteiger partial charge in [-0.15, -0.1) is 0 Å². The first-order chi connectivity index (χ1) is 15.4. The second-order valence-corrected chi connectivity index (χ2v) is 13.3. The van der Waals surface area contributed by atoms with E-state index in [4.69, 9.17) is 0 Å². The third-order valence-corrected chi connectivity index (χ3v) is 11.8. The number of carboxylic acid groups (broad SMARTS) is 1. The predicted octanol–water partition coefficient (Wildman–Crippen LogP) is 7.40. The van der Waals surface area contributed by atoms with Crippen molar-refractivity contribution in [3.8, 4) is 0 Å². The van der Waals surface area contributed by atoms with Crippen LogP contribution in [-0.4, -0.2) is 22.3 Å². The van der Waals surface area contributed by atoms with Crippen LogP contribution in [-0.2, 0) is 4.79 Å². The Bertz CT molecular complexity index is 839. The van der Waals surface area contributed by atoms with Crippen molar-refractivity contribution in [3.63, 3.8) is 0 Å². The predicted molar refractivity (Wildman–Crippen MR) is 135 cm³/mol. The fourth-order valence-corrected chi connectivity index (χ4v) is 10.1. The van der Waals surface area contributed by atoms with Gasteiger partial charge < -0.3 is 10.2 Å². The van der Waals surface area contributed by atoms with Crippen LogP contribution in [0.5, 0.6) is 0 Å². The second kappa shape index (κ2) is 8.25. The highest BCUT2D eigenvalue weighted by molar-refractivity contribution is 5.67. The van der Waals surface area contributed by atoms with Crippen LogP contribution in [0.4, 0.5) is 0 Å². The number of allylic oxidation sites excluding steroid dienone is 3. The molecule has 0 aromatic carbocycles. The molecule has 0 unspecified atom stereocenters. The quantitative estimate of drug-likeness (QED) is 0.374. The van der Waals surface area contributed by atoms with E-state index in [1.54, 1.807) is 0 Å². The Morgan fingerprint density at radius 2 is 1.88 bits per heavy atom. The number of fused-ring (bicyclic) bond motifs is 2. The zero-order valence-electron chi connectivity index (χ0n) is 22.0. The third-order valence-electron chi connectivity index (χ3n) is 11.8. The summed E-state index contributed by atoms with van der Waals surface area (Å²) >= 11 is 0. The SMILES string of the molecule is C=C(C)[C@H]1CC[C@@H]2[C@]3(C[C@@H](O)[C@]4(C)[C@@H]([C@H](C)CCC=C(C)C)CC[C@@]24C)C[C@]13CCC(=O)O. The summed E-state index contributed by atoms with van der Waals surface area (Å²) in [5.74, 6) is 1.49. The van der Waals surface area contributed by atoms with E-state index in [-0.39, 0.29) is 34.2 Å². The highest BCUT2D eigenvalue weighted by Gasteiger charge is 2.81. The molecular formula is C30H48O3. The lowest BCUT2D eigenvalue weighted by Crippen LogP contribution is -2.60. The molecule has 4 fully saturated rings. The molecule has 0 heterocycles. The molecule has 3 heteroatoms. The first-order valence-electron chi connectivity index (χ1n) is 13.5. The van der Waals surface area contributed by atoms with Gasteiger partial charge in [-0.25, -0.2) is 0 Å². The van der Waals surface area contributed by atoms with Gasteiger partial charge in [0, 0.05) is 11.8 Å². The van der Waals surface area contributed by atoms with Crippen LogP contribution in [0.25, 0.3) is 0 Å². The summed E-state index contributed by atoms with van der Waals surface area (Å²) in [6.45, 7) is 18.2. The van der Waals surface area contributed by atoms with Crippen molar-refractivity contribution in [3.05, 3.63) is 23.8 Å². The van der Waals surface area contributed by atoms with Crippen molar-refractivity contribution in [2.24, 2.45) is 45.3 Å². The van der Waals surface area contributed by atoms with Gasteiger partial charge >= 0.3 is 5.97 Å². The molecule has 1 spiro atoms. The van der Waals surface area contributed by atoms with E-state index in [9.17, 15) is 15.0 Å². The van der Waals surface area contributed by atoms with Gasteiger partial charge in [-0.3, -0.25) is 4.79 Å². The fourth-order valence-electron chi connectivity index (χ4n) is 10.1. The first-order valence-corrected chi connectivity index (χ1v) is 13.5. The number of carbonyl (C=O) groups is 1. The van der Waals surface area contributed by atoms with E-state index in [0.717, 1.165) is 32.1 Å². The fraction of sp³-hybridized carbons (Fsp3) is 0.833. The molecule has 4 aliphatic rings. The standard InChI is InChI=1S/C30H48O3/c1-19(2)9-8-10-21(5)23-13-15-27(6)24-12-11-22(20(3)4)29(16-14-26(32)33)18-30(24,29)17-25(31)28(23,27)7/h9,21-25,31H,3,8,10-18H2,1-2,4-7H3,(H,32,33)/t21-,22-,23-,24+,25-,27+,28+,29-,30+/m1/s1. The maximum atomic E-state index is 11.9. The monoisotopic (exact) mass is 456 g/mol. The minimum absolute atomic E-state index is 0.0403. The molecule has 0 aliphatic heterocycles. The van der Waals surface area contributed by atoms with Crippen LogP contribution in [0.3, 0.4) is 0 Å². The number of carboxylic acids is 1. The van der Waals surface area contributed by atoms with Crippen molar-refractivity contribution in [1.82, 2.24) is 0 Å². The van der Waals surface area contributed by atoms with Gasteiger partial charge in [0.2, 0.25) is 0 Å². The van der Waals surface area contributed by atoms with Crippen LogP contribution in [0.15, 0.2) is 23.8 Å². The number of hydrogen-bond donors (Lipinski definition) is 2. The molecule has 0 saturated heterocycles.